The molecule has 0 radical (unpaired) electrons. The first kappa shape index (κ1) is 45.5. The third-order valence-electron chi connectivity index (χ3n) is 17.8. The predicted octanol–water partition coefficient (Wildman–Crippen LogP) is 2.54. The highest BCUT2D eigenvalue weighted by atomic mass is 16.7. The molecule has 2 saturated heterocycles. The molecule has 19 atom stereocenters. The van der Waals surface area contributed by atoms with Gasteiger partial charge in [0.05, 0.1) is 36.8 Å². The van der Waals surface area contributed by atoms with Crippen molar-refractivity contribution in [3.05, 3.63) is 11.6 Å². The minimum atomic E-state index is -1.90. The number of aliphatic hydroxyl groups excluding tert-OH is 5. The number of hydrogen-bond acceptors (Lipinski definition) is 13. The Morgan fingerprint density at radius 2 is 1.35 bits per heavy atom. The average Bonchev–Trinajstić information content (AvgIpc) is 3.16. The zero-order valence-electron chi connectivity index (χ0n) is 35.8. The Morgan fingerprint density at radius 1 is 0.733 bits per heavy atom. The standard InChI is InChI=1S/C44H66O16/c1-39(2)25-8-11-44(7)34(23(45)16-21-22-17-41(4,38(55)56)13-12-40(22,3)14-15-43(21,44)6)42(25,5)10-9-26(39)59-37-20(27(46)30(49)33(60-37)36(53)54)18-57-19-24-28(47)29(48)31(50)32(58-24)35(51)52/h16,20,22,24-34,37,46-50H,8-15,17-19H2,1-7H3,(H,51,52)(H,53,54)(H,55,56). The van der Waals surface area contributed by atoms with E-state index in [-0.39, 0.29) is 39.8 Å². The number of hydrogen-bond donors (Lipinski definition) is 8. The van der Waals surface area contributed by atoms with Crippen molar-refractivity contribution in [1.29, 1.82) is 0 Å². The number of carbonyl (C=O) groups is 4. The first-order valence-corrected chi connectivity index (χ1v) is 21.7. The van der Waals surface area contributed by atoms with Gasteiger partial charge in [0.25, 0.3) is 0 Å². The van der Waals surface area contributed by atoms with Crippen molar-refractivity contribution in [2.45, 2.75) is 167 Å². The van der Waals surface area contributed by atoms with Gasteiger partial charge in [0, 0.05) is 5.92 Å². The average molecular weight is 851 g/mol. The number of ketones is 1. The fourth-order valence-electron chi connectivity index (χ4n) is 13.8. The van der Waals surface area contributed by atoms with Gasteiger partial charge in [-0.1, -0.05) is 47.1 Å². The first-order chi connectivity index (χ1) is 27.8. The summed E-state index contributed by atoms with van der Waals surface area (Å²) >= 11 is 0. The number of rotatable bonds is 9. The lowest BCUT2D eigenvalue weighted by atomic mass is 9.33. The number of fused-ring (bicyclic) bond motifs is 7. The number of carboxylic acid groups (broad SMARTS) is 3. The molecule has 0 aromatic rings. The molecule has 6 fully saturated rings. The van der Waals surface area contributed by atoms with Crippen LogP contribution in [0.15, 0.2) is 11.6 Å². The highest BCUT2D eigenvalue weighted by Gasteiger charge is 2.71. The SMILES string of the molecule is CC1(C(=O)O)CCC2(C)CCC3(C)C(=CC(=O)C4C5(C)CCC(OC6OC(C(=O)O)C(O)C(O)C6COCC6OC(C(=O)O)C(O)C(O)C6O)C(C)(C)C5CCC43C)C2C1. The van der Waals surface area contributed by atoms with Gasteiger partial charge < -0.3 is 59.8 Å². The van der Waals surface area contributed by atoms with Crippen molar-refractivity contribution >= 4 is 23.7 Å². The summed E-state index contributed by atoms with van der Waals surface area (Å²) in [6.07, 6.45) is -7.70. The van der Waals surface area contributed by atoms with Crippen LogP contribution in [0.2, 0.25) is 0 Å². The van der Waals surface area contributed by atoms with Crippen molar-refractivity contribution in [3.63, 3.8) is 0 Å². The minimum Gasteiger partial charge on any atom is -0.481 e. The van der Waals surface area contributed by atoms with Crippen LogP contribution in [0, 0.1) is 56.2 Å². The van der Waals surface area contributed by atoms with E-state index in [9.17, 15) is 60.0 Å². The molecule has 0 aromatic heterocycles. The van der Waals surface area contributed by atoms with Crippen LogP contribution in [0.25, 0.3) is 0 Å². The van der Waals surface area contributed by atoms with Crippen LogP contribution in [-0.2, 0) is 38.1 Å². The lowest BCUT2D eigenvalue weighted by Crippen LogP contribution is -2.67. The van der Waals surface area contributed by atoms with Crippen LogP contribution in [0.3, 0.4) is 0 Å². The van der Waals surface area contributed by atoms with Gasteiger partial charge in [0.1, 0.15) is 30.5 Å². The molecular formula is C44H66O16. The van der Waals surface area contributed by atoms with E-state index in [1.807, 2.05) is 13.0 Å². The largest absolute Gasteiger partial charge is 0.481 e. The van der Waals surface area contributed by atoms with Crippen molar-refractivity contribution in [2.75, 3.05) is 13.2 Å². The molecular weight excluding hydrogens is 784 g/mol. The molecule has 2 heterocycles. The van der Waals surface area contributed by atoms with Gasteiger partial charge in [0.15, 0.2) is 24.3 Å². The maximum atomic E-state index is 14.9. The van der Waals surface area contributed by atoms with E-state index < -0.39 is 115 Å². The third-order valence-corrected chi connectivity index (χ3v) is 17.8. The number of carboxylic acids is 3. The van der Waals surface area contributed by atoms with Gasteiger partial charge in [-0.05, 0) is 110 Å². The lowest BCUT2D eigenvalue weighted by Gasteiger charge is -2.70. The Hall–Kier alpha value is -2.54. The van der Waals surface area contributed by atoms with Crippen LogP contribution in [0.5, 0.6) is 0 Å². The molecule has 0 aromatic carbocycles. The van der Waals surface area contributed by atoms with Gasteiger partial charge in [0.2, 0.25) is 0 Å². The van der Waals surface area contributed by atoms with Crippen molar-refractivity contribution in [2.24, 2.45) is 56.2 Å². The molecule has 7 rings (SSSR count). The Balaban J connectivity index is 1.12. The Bertz CT molecular complexity index is 1770. The minimum absolute atomic E-state index is 0.00346. The maximum Gasteiger partial charge on any atom is 0.335 e. The Kier molecular flexibility index (Phi) is 11.6. The number of ether oxygens (including phenoxy) is 4. The quantitative estimate of drug-likeness (QED) is 0.155. The zero-order valence-corrected chi connectivity index (χ0v) is 35.8. The smallest absolute Gasteiger partial charge is 0.335 e. The van der Waals surface area contributed by atoms with Gasteiger partial charge in [-0.3, -0.25) is 9.59 Å². The summed E-state index contributed by atoms with van der Waals surface area (Å²) in [5, 5.41) is 82.5. The van der Waals surface area contributed by atoms with E-state index in [1.165, 1.54) is 0 Å². The van der Waals surface area contributed by atoms with E-state index >= 15 is 0 Å². The number of allylic oxidation sites excluding steroid dienone is 2. The molecule has 0 amide bonds. The molecule has 0 bridgehead atoms. The molecule has 16 nitrogen and oxygen atoms in total. The van der Waals surface area contributed by atoms with Gasteiger partial charge in [-0.2, -0.15) is 0 Å². The monoisotopic (exact) mass is 850 g/mol. The number of aliphatic hydroxyl groups is 5. The van der Waals surface area contributed by atoms with E-state index in [0.717, 1.165) is 37.7 Å². The van der Waals surface area contributed by atoms with E-state index in [0.29, 0.717) is 25.7 Å². The van der Waals surface area contributed by atoms with Crippen LogP contribution in [-0.4, -0.2) is 139 Å². The molecule has 0 spiro atoms. The first-order valence-electron chi connectivity index (χ1n) is 21.7. The van der Waals surface area contributed by atoms with E-state index in [2.05, 4.69) is 41.5 Å². The second kappa shape index (κ2) is 15.3. The van der Waals surface area contributed by atoms with Crippen molar-refractivity contribution in [1.82, 2.24) is 0 Å². The lowest BCUT2D eigenvalue weighted by molar-refractivity contribution is -0.318. The Morgan fingerprint density at radius 3 is 1.98 bits per heavy atom. The molecule has 2 aliphatic heterocycles. The molecule has 60 heavy (non-hydrogen) atoms. The normalized spacial score (nSPS) is 51.2. The van der Waals surface area contributed by atoms with E-state index in [4.69, 9.17) is 18.9 Å². The van der Waals surface area contributed by atoms with Gasteiger partial charge in [-0.15, -0.1) is 0 Å². The van der Waals surface area contributed by atoms with Crippen molar-refractivity contribution < 1.29 is 79.0 Å². The molecule has 5 aliphatic carbocycles. The zero-order chi connectivity index (χ0) is 44.3. The van der Waals surface area contributed by atoms with E-state index in [1.54, 1.807) is 0 Å². The molecule has 7 aliphatic rings. The topological polar surface area (TPSA) is 267 Å². The highest BCUT2D eigenvalue weighted by Crippen LogP contribution is 2.75. The van der Waals surface area contributed by atoms with Crippen LogP contribution in [0.1, 0.15) is 106 Å². The summed E-state index contributed by atoms with van der Waals surface area (Å²) in [7, 11) is 0. The highest BCUT2D eigenvalue weighted by molar-refractivity contribution is 5.95. The molecule has 19 unspecified atom stereocenters. The number of aliphatic carboxylic acids is 3. The fraction of sp³-hybridized carbons (Fsp3) is 0.864. The van der Waals surface area contributed by atoms with Gasteiger partial charge >= 0.3 is 17.9 Å². The summed E-state index contributed by atoms with van der Waals surface area (Å²) in [6, 6.07) is 0. The maximum absolute atomic E-state index is 14.9. The molecule has 8 N–H and O–H groups in total. The molecule has 16 heteroatoms. The summed E-state index contributed by atoms with van der Waals surface area (Å²) in [5.74, 6) is -5.27. The van der Waals surface area contributed by atoms with Crippen molar-refractivity contribution in [3.8, 4) is 0 Å². The van der Waals surface area contributed by atoms with Crippen LogP contribution < -0.4 is 0 Å². The predicted molar refractivity (Wildman–Crippen MR) is 209 cm³/mol. The summed E-state index contributed by atoms with van der Waals surface area (Å²) in [6.45, 7) is 14.2. The Labute approximate surface area is 350 Å². The summed E-state index contributed by atoms with van der Waals surface area (Å²) in [4.78, 5) is 51.2. The number of carbonyl (C=O) groups excluding carboxylic acids is 1. The second-order valence-corrected chi connectivity index (χ2v) is 21.4. The molecule has 4 saturated carbocycles. The second-order valence-electron chi connectivity index (χ2n) is 21.4. The summed E-state index contributed by atoms with van der Waals surface area (Å²) < 4.78 is 23.6. The third kappa shape index (κ3) is 6.81. The summed E-state index contributed by atoms with van der Waals surface area (Å²) in [5.41, 5.74) is -1.56. The van der Waals surface area contributed by atoms with Crippen LogP contribution in [0.4, 0.5) is 0 Å². The molecule has 338 valence electrons. The van der Waals surface area contributed by atoms with Gasteiger partial charge in [-0.25, -0.2) is 9.59 Å². The van der Waals surface area contributed by atoms with Crippen LogP contribution >= 0.6 is 0 Å². The fourth-order valence-corrected chi connectivity index (χ4v) is 13.8.